The monoisotopic (exact) mass is 395 g/mol. The molecule has 1 amide bonds. The number of amides is 1. The average Bonchev–Trinajstić information content (AvgIpc) is 2.62. The third kappa shape index (κ3) is 6.01. The fourth-order valence-electron chi connectivity index (χ4n) is 1.77. The van der Waals surface area contributed by atoms with E-state index in [1.54, 1.807) is 18.2 Å². The highest BCUT2D eigenvalue weighted by molar-refractivity contribution is 8.00. The predicted octanol–water partition coefficient (Wildman–Crippen LogP) is 3.31. The number of thioether (sulfide) groups is 1. The highest BCUT2D eigenvalue weighted by Gasteiger charge is 2.18. The van der Waals surface area contributed by atoms with Gasteiger partial charge in [0.1, 0.15) is 5.82 Å². The summed E-state index contributed by atoms with van der Waals surface area (Å²) in [6, 6.07) is 8.88. The maximum Gasteiger partial charge on any atom is 0.317 e. The number of rotatable bonds is 7. The molecule has 0 spiro atoms. The van der Waals surface area contributed by atoms with Crippen LogP contribution >= 0.6 is 23.4 Å². The van der Waals surface area contributed by atoms with Gasteiger partial charge in [0.2, 0.25) is 0 Å². The number of carbonyl (C=O) groups excluding carboxylic acids is 2. The molecule has 0 aliphatic heterocycles. The Morgan fingerprint density at radius 2 is 2.00 bits per heavy atom. The van der Waals surface area contributed by atoms with Crippen LogP contribution < -0.4 is 5.32 Å². The van der Waals surface area contributed by atoms with Crippen LogP contribution in [0.1, 0.15) is 6.92 Å². The van der Waals surface area contributed by atoms with E-state index in [2.05, 4.69) is 10.3 Å². The number of nitro groups is 1. The van der Waals surface area contributed by atoms with Gasteiger partial charge in [0.15, 0.2) is 6.10 Å². The van der Waals surface area contributed by atoms with Crippen LogP contribution in [0.5, 0.6) is 0 Å². The van der Waals surface area contributed by atoms with Crippen LogP contribution in [0.4, 0.5) is 11.5 Å². The summed E-state index contributed by atoms with van der Waals surface area (Å²) in [5.74, 6) is -0.842. The van der Waals surface area contributed by atoms with Gasteiger partial charge in [0.05, 0.1) is 15.7 Å². The number of ether oxygens (including phenoxy) is 1. The molecule has 26 heavy (non-hydrogen) atoms. The van der Waals surface area contributed by atoms with Gasteiger partial charge < -0.3 is 10.1 Å². The molecular formula is C16H14ClN3O5S. The van der Waals surface area contributed by atoms with Gasteiger partial charge in [0.25, 0.3) is 11.6 Å². The van der Waals surface area contributed by atoms with E-state index >= 15 is 0 Å². The molecule has 1 aromatic carbocycles. The zero-order chi connectivity index (χ0) is 19.1. The van der Waals surface area contributed by atoms with E-state index in [-0.39, 0.29) is 11.4 Å². The lowest BCUT2D eigenvalue weighted by Crippen LogP contribution is -2.30. The van der Waals surface area contributed by atoms with Crippen molar-refractivity contribution in [3.05, 3.63) is 57.7 Å². The molecule has 8 nitrogen and oxygen atoms in total. The Morgan fingerprint density at radius 3 is 2.58 bits per heavy atom. The smallest absolute Gasteiger partial charge is 0.317 e. The second-order valence-electron chi connectivity index (χ2n) is 5.02. The number of hydrogen-bond acceptors (Lipinski definition) is 7. The predicted molar refractivity (Wildman–Crippen MR) is 97.3 cm³/mol. The van der Waals surface area contributed by atoms with Gasteiger partial charge in [-0.1, -0.05) is 11.6 Å². The zero-order valence-corrected chi connectivity index (χ0v) is 15.1. The molecule has 0 radical (unpaired) electrons. The van der Waals surface area contributed by atoms with E-state index < -0.39 is 22.9 Å². The standard InChI is InChI=1S/C16H14ClN3O5S/c1-10(16(22)19-14-7-2-11(17)8-18-14)25-15(21)9-26-13-5-3-12(4-6-13)20(23)24/h2-8,10H,9H2,1H3,(H,18,19,22)/t10-/m1/s1. The summed E-state index contributed by atoms with van der Waals surface area (Å²) in [5.41, 5.74) is -0.0296. The lowest BCUT2D eigenvalue weighted by Gasteiger charge is -2.13. The van der Waals surface area contributed by atoms with Gasteiger partial charge in [-0.15, -0.1) is 11.8 Å². The van der Waals surface area contributed by atoms with Gasteiger partial charge in [-0.05, 0) is 31.2 Å². The van der Waals surface area contributed by atoms with Gasteiger partial charge >= 0.3 is 5.97 Å². The summed E-state index contributed by atoms with van der Waals surface area (Å²) >= 11 is 6.86. The molecule has 0 bridgehead atoms. The first-order chi connectivity index (χ1) is 12.3. The Hall–Kier alpha value is -2.65. The number of anilines is 1. The maximum absolute atomic E-state index is 12.0. The largest absolute Gasteiger partial charge is 0.452 e. The van der Waals surface area contributed by atoms with E-state index in [1.165, 1.54) is 31.3 Å². The Balaban J connectivity index is 1.79. The average molecular weight is 396 g/mol. The number of pyridine rings is 1. The second kappa shape index (κ2) is 9.16. The molecule has 2 rings (SSSR count). The molecule has 1 heterocycles. The van der Waals surface area contributed by atoms with Gasteiger partial charge in [-0.3, -0.25) is 19.7 Å². The molecule has 0 saturated carbocycles. The minimum absolute atomic E-state index is 0.0296. The molecule has 0 aliphatic rings. The van der Waals surface area contributed by atoms with Crippen LogP contribution in [-0.4, -0.2) is 33.6 Å². The third-order valence-corrected chi connectivity index (χ3v) is 4.27. The van der Waals surface area contributed by atoms with Crippen molar-refractivity contribution in [1.82, 2.24) is 4.98 Å². The Labute approximate surface area is 158 Å². The lowest BCUT2D eigenvalue weighted by atomic mass is 10.3. The van der Waals surface area contributed by atoms with E-state index in [0.29, 0.717) is 15.7 Å². The van der Waals surface area contributed by atoms with E-state index in [1.807, 2.05) is 0 Å². The fourth-order valence-corrected chi connectivity index (χ4v) is 2.56. The molecule has 1 atom stereocenters. The lowest BCUT2D eigenvalue weighted by molar-refractivity contribution is -0.384. The van der Waals surface area contributed by atoms with Crippen LogP contribution in [0, 0.1) is 10.1 Å². The number of nitrogens with one attached hydrogen (secondary N) is 1. The molecule has 136 valence electrons. The molecule has 10 heteroatoms. The van der Waals surface area contributed by atoms with E-state index in [4.69, 9.17) is 16.3 Å². The topological polar surface area (TPSA) is 111 Å². The normalized spacial score (nSPS) is 11.5. The van der Waals surface area contributed by atoms with Crippen LogP contribution in [0.2, 0.25) is 5.02 Å². The van der Waals surface area contributed by atoms with Crippen molar-refractivity contribution >= 4 is 46.7 Å². The molecule has 2 aromatic rings. The van der Waals surface area contributed by atoms with E-state index in [0.717, 1.165) is 11.8 Å². The van der Waals surface area contributed by atoms with Crippen LogP contribution in [0.25, 0.3) is 0 Å². The first-order valence-electron chi connectivity index (χ1n) is 7.34. The van der Waals surface area contributed by atoms with Crippen LogP contribution in [0.15, 0.2) is 47.5 Å². The molecule has 0 saturated heterocycles. The summed E-state index contributed by atoms with van der Waals surface area (Å²) in [5, 5.41) is 13.5. The summed E-state index contributed by atoms with van der Waals surface area (Å²) in [6.45, 7) is 1.44. The van der Waals surface area contributed by atoms with Crippen molar-refractivity contribution in [3.63, 3.8) is 0 Å². The quantitative estimate of drug-likeness (QED) is 0.331. The van der Waals surface area contributed by atoms with Crippen LogP contribution in [-0.2, 0) is 14.3 Å². The minimum Gasteiger partial charge on any atom is -0.452 e. The maximum atomic E-state index is 12.0. The molecule has 0 unspecified atom stereocenters. The zero-order valence-electron chi connectivity index (χ0n) is 13.5. The highest BCUT2D eigenvalue weighted by Crippen LogP contribution is 2.21. The number of nitrogens with zero attached hydrogens (tertiary/aromatic N) is 2. The number of benzene rings is 1. The molecule has 1 N–H and O–H groups in total. The first kappa shape index (κ1) is 19.7. The fraction of sp³-hybridized carbons (Fsp3) is 0.188. The van der Waals surface area contributed by atoms with Crippen molar-refractivity contribution in [2.45, 2.75) is 17.9 Å². The second-order valence-corrected chi connectivity index (χ2v) is 6.51. The van der Waals surface area contributed by atoms with Crippen molar-refractivity contribution in [2.75, 3.05) is 11.1 Å². The number of halogens is 1. The van der Waals surface area contributed by atoms with Crippen molar-refractivity contribution in [3.8, 4) is 0 Å². The van der Waals surface area contributed by atoms with Crippen molar-refractivity contribution < 1.29 is 19.2 Å². The number of aromatic nitrogens is 1. The van der Waals surface area contributed by atoms with E-state index in [9.17, 15) is 19.7 Å². The molecule has 0 aliphatic carbocycles. The van der Waals surface area contributed by atoms with Crippen molar-refractivity contribution in [1.29, 1.82) is 0 Å². The Kier molecular flexibility index (Phi) is 6.93. The molecule has 1 aromatic heterocycles. The Morgan fingerprint density at radius 1 is 1.31 bits per heavy atom. The number of non-ortho nitro benzene ring substituents is 1. The van der Waals surface area contributed by atoms with Crippen molar-refractivity contribution in [2.24, 2.45) is 0 Å². The van der Waals surface area contributed by atoms with Crippen LogP contribution in [0.3, 0.4) is 0 Å². The molecular weight excluding hydrogens is 382 g/mol. The summed E-state index contributed by atoms with van der Waals surface area (Å²) in [7, 11) is 0. The number of hydrogen-bond donors (Lipinski definition) is 1. The Bertz CT molecular complexity index is 799. The SMILES string of the molecule is C[C@@H](OC(=O)CSc1ccc([N+](=O)[O-])cc1)C(=O)Nc1ccc(Cl)cn1. The van der Waals surface area contributed by atoms with Gasteiger partial charge in [-0.2, -0.15) is 0 Å². The summed E-state index contributed by atoms with van der Waals surface area (Å²) in [4.78, 5) is 38.5. The molecule has 0 fully saturated rings. The third-order valence-electron chi connectivity index (χ3n) is 3.06. The minimum atomic E-state index is -1.00. The number of carbonyl (C=O) groups is 2. The summed E-state index contributed by atoms with van der Waals surface area (Å²) in [6.07, 6.45) is 0.381. The number of nitro benzene ring substituents is 1. The first-order valence-corrected chi connectivity index (χ1v) is 8.70. The highest BCUT2D eigenvalue weighted by atomic mass is 35.5. The van der Waals surface area contributed by atoms with Gasteiger partial charge in [0, 0.05) is 23.2 Å². The summed E-state index contributed by atoms with van der Waals surface area (Å²) < 4.78 is 5.06. The van der Waals surface area contributed by atoms with Gasteiger partial charge in [-0.25, -0.2) is 4.98 Å². The number of esters is 1.